The highest BCUT2D eigenvalue weighted by molar-refractivity contribution is 6.52. The first kappa shape index (κ1) is 25.0. The number of phenols is 1. The van der Waals surface area contributed by atoms with Gasteiger partial charge in [-0.1, -0.05) is 35.3 Å². The second-order valence-electron chi connectivity index (χ2n) is 8.94. The Morgan fingerprint density at radius 2 is 1.65 bits per heavy atom. The average Bonchev–Trinajstić information content (AvgIpc) is 3.51. The van der Waals surface area contributed by atoms with Crippen molar-refractivity contribution in [3.8, 4) is 11.5 Å². The third-order valence-electron chi connectivity index (χ3n) is 6.70. The van der Waals surface area contributed by atoms with Gasteiger partial charge >= 0.3 is 0 Å². The van der Waals surface area contributed by atoms with Crippen LogP contribution in [-0.2, 0) is 9.59 Å². The number of halogens is 2. The van der Waals surface area contributed by atoms with Crippen LogP contribution in [0.4, 0.5) is 11.4 Å². The van der Waals surface area contributed by atoms with Gasteiger partial charge in [0.25, 0.3) is 11.7 Å². The number of phenolic OH excluding ortho intramolecular Hbond substituents is 1. The molecule has 5 rings (SSSR count). The second-order valence-corrected chi connectivity index (χ2v) is 9.79. The molecule has 2 N–H and O–H groups in total. The summed E-state index contributed by atoms with van der Waals surface area (Å²) in [5, 5.41) is 22.0. The number of hydrogen-bond acceptors (Lipinski definition) is 6. The normalized spacial score (nSPS) is 19.1. The van der Waals surface area contributed by atoms with Crippen LogP contribution in [0.2, 0.25) is 10.0 Å². The number of hydrogen-bond donors (Lipinski definition) is 2. The quantitative estimate of drug-likeness (QED) is 0.237. The molecule has 0 radical (unpaired) electrons. The van der Waals surface area contributed by atoms with E-state index in [-0.39, 0.29) is 32.7 Å². The Hall–Kier alpha value is -3.68. The number of aliphatic hydroxyl groups is 1. The van der Waals surface area contributed by atoms with Gasteiger partial charge in [0.2, 0.25) is 0 Å². The predicted molar refractivity (Wildman–Crippen MR) is 144 cm³/mol. The molecule has 37 heavy (non-hydrogen) atoms. The third kappa shape index (κ3) is 4.49. The van der Waals surface area contributed by atoms with E-state index in [9.17, 15) is 19.8 Å². The number of aliphatic hydroxyl groups excluding tert-OH is 1. The van der Waals surface area contributed by atoms with Crippen LogP contribution in [-0.4, -0.2) is 42.1 Å². The van der Waals surface area contributed by atoms with Gasteiger partial charge in [-0.2, -0.15) is 0 Å². The van der Waals surface area contributed by atoms with Gasteiger partial charge in [0, 0.05) is 29.5 Å². The Morgan fingerprint density at radius 3 is 2.30 bits per heavy atom. The number of ether oxygens (including phenoxy) is 1. The van der Waals surface area contributed by atoms with Gasteiger partial charge in [0.05, 0.1) is 29.3 Å². The van der Waals surface area contributed by atoms with Gasteiger partial charge in [0.1, 0.15) is 17.3 Å². The first-order chi connectivity index (χ1) is 17.8. The van der Waals surface area contributed by atoms with Gasteiger partial charge in [-0.05, 0) is 66.9 Å². The van der Waals surface area contributed by atoms with Crippen LogP contribution in [0.1, 0.15) is 30.0 Å². The molecule has 0 saturated carbocycles. The van der Waals surface area contributed by atoms with Crippen molar-refractivity contribution in [1.82, 2.24) is 0 Å². The van der Waals surface area contributed by atoms with E-state index in [1.165, 1.54) is 36.3 Å². The molecule has 1 amide bonds. The molecule has 0 aliphatic carbocycles. The predicted octanol–water partition coefficient (Wildman–Crippen LogP) is 5.93. The molecule has 7 nitrogen and oxygen atoms in total. The molecule has 1 unspecified atom stereocenters. The first-order valence-electron chi connectivity index (χ1n) is 11.8. The lowest BCUT2D eigenvalue weighted by Crippen LogP contribution is -2.29. The van der Waals surface area contributed by atoms with Gasteiger partial charge in [-0.25, -0.2) is 0 Å². The van der Waals surface area contributed by atoms with E-state index in [0.717, 1.165) is 31.6 Å². The van der Waals surface area contributed by atoms with Crippen LogP contribution in [0.3, 0.4) is 0 Å². The lowest BCUT2D eigenvalue weighted by atomic mass is 9.94. The van der Waals surface area contributed by atoms with Crippen LogP contribution in [0.15, 0.2) is 66.2 Å². The molecule has 2 aliphatic rings. The molecule has 2 saturated heterocycles. The molecule has 2 fully saturated rings. The maximum absolute atomic E-state index is 13.4. The maximum atomic E-state index is 13.4. The zero-order valence-corrected chi connectivity index (χ0v) is 21.5. The number of anilines is 2. The molecule has 2 aliphatic heterocycles. The summed E-state index contributed by atoms with van der Waals surface area (Å²) in [6.45, 7) is 1.94. The minimum atomic E-state index is -1.02. The van der Waals surface area contributed by atoms with Crippen LogP contribution in [0.25, 0.3) is 5.76 Å². The SMILES string of the molecule is COc1c(Cl)cc(Cl)cc1/C(O)=C1\C(=O)C(=O)N(c2ccc(N3CCCC3)cc2)C1c1cccc(O)c1. The van der Waals surface area contributed by atoms with Crippen molar-refractivity contribution in [2.75, 3.05) is 30.0 Å². The van der Waals surface area contributed by atoms with Gasteiger partial charge in [-0.3, -0.25) is 14.5 Å². The molecule has 0 spiro atoms. The summed E-state index contributed by atoms with van der Waals surface area (Å²) in [6, 6.07) is 15.5. The molecule has 9 heteroatoms. The smallest absolute Gasteiger partial charge is 0.300 e. The van der Waals surface area contributed by atoms with E-state index < -0.39 is 23.5 Å². The number of methoxy groups -OCH3 is 1. The molecule has 0 aromatic heterocycles. The largest absolute Gasteiger partial charge is 0.508 e. The average molecular weight is 539 g/mol. The van der Waals surface area contributed by atoms with Crippen LogP contribution in [0.5, 0.6) is 11.5 Å². The topological polar surface area (TPSA) is 90.3 Å². The number of ketones is 1. The van der Waals surface area contributed by atoms with Crippen molar-refractivity contribution >= 4 is 52.0 Å². The van der Waals surface area contributed by atoms with Gasteiger partial charge < -0.3 is 19.8 Å². The summed E-state index contributed by atoms with van der Waals surface area (Å²) >= 11 is 12.5. The standard InChI is InChI=1S/C28H24Cl2N2O5/c1-37-27-21(14-17(29)15-22(27)30)25(34)23-24(16-5-4-6-20(33)13-16)32(28(36)26(23)35)19-9-7-18(8-10-19)31-11-2-3-12-31/h4-10,13-15,24,33-34H,2-3,11-12H2,1H3/b25-23+. The Balaban J connectivity index is 1.68. The lowest BCUT2D eigenvalue weighted by molar-refractivity contribution is -0.132. The van der Waals surface area contributed by atoms with E-state index in [0.29, 0.717) is 11.3 Å². The highest BCUT2D eigenvalue weighted by Gasteiger charge is 2.47. The summed E-state index contributed by atoms with van der Waals surface area (Å²) in [5.74, 6) is -2.11. The molecular formula is C28H24Cl2N2O5. The van der Waals surface area contributed by atoms with Crippen molar-refractivity contribution in [3.63, 3.8) is 0 Å². The van der Waals surface area contributed by atoms with Crippen molar-refractivity contribution in [1.29, 1.82) is 0 Å². The zero-order valence-electron chi connectivity index (χ0n) is 19.9. The Kier molecular flexibility index (Phi) is 6.75. The number of nitrogens with zero attached hydrogens (tertiary/aromatic N) is 2. The summed E-state index contributed by atoms with van der Waals surface area (Å²) in [7, 11) is 1.37. The second kappa shape index (κ2) is 10.00. The van der Waals surface area contributed by atoms with Crippen molar-refractivity contribution in [2.24, 2.45) is 0 Å². The monoisotopic (exact) mass is 538 g/mol. The maximum Gasteiger partial charge on any atom is 0.300 e. The van der Waals surface area contributed by atoms with E-state index in [2.05, 4.69) is 4.90 Å². The van der Waals surface area contributed by atoms with Crippen LogP contribution in [0, 0.1) is 0 Å². The zero-order chi connectivity index (χ0) is 26.3. The summed E-state index contributed by atoms with van der Waals surface area (Å²) in [4.78, 5) is 30.4. The Labute approximate surface area is 224 Å². The van der Waals surface area contributed by atoms with E-state index in [1.54, 1.807) is 24.3 Å². The fourth-order valence-electron chi connectivity index (χ4n) is 5.00. The molecule has 3 aromatic rings. The molecule has 2 heterocycles. The summed E-state index contributed by atoms with van der Waals surface area (Å²) in [5.41, 5.74) is 1.86. The summed E-state index contributed by atoms with van der Waals surface area (Å²) in [6.07, 6.45) is 2.26. The number of rotatable bonds is 5. The van der Waals surface area contributed by atoms with Crippen molar-refractivity contribution in [3.05, 3.63) is 87.4 Å². The molecule has 1 atom stereocenters. The van der Waals surface area contributed by atoms with Crippen molar-refractivity contribution in [2.45, 2.75) is 18.9 Å². The van der Waals surface area contributed by atoms with E-state index in [1.807, 2.05) is 12.1 Å². The number of aromatic hydroxyl groups is 1. The minimum Gasteiger partial charge on any atom is -0.508 e. The van der Waals surface area contributed by atoms with Crippen LogP contribution >= 0.6 is 23.2 Å². The fourth-order valence-corrected chi connectivity index (χ4v) is 5.57. The Morgan fingerprint density at radius 1 is 0.973 bits per heavy atom. The first-order valence-corrected chi connectivity index (χ1v) is 12.5. The molecule has 3 aromatic carbocycles. The van der Waals surface area contributed by atoms with Gasteiger partial charge in [0.15, 0.2) is 0 Å². The van der Waals surface area contributed by atoms with Gasteiger partial charge in [-0.15, -0.1) is 0 Å². The Bertz CT molecular complexity index is 1410. The van der Waals surface area contributed by atoms with E-state index in [4.69, 9.17) is 27.9 Å². The number of amides is 1. The molecular weight excluding hydrogens is 515 g/mol. The van der Waals surface area contributed by atoms with Crippen LogP contribution < -0.4 is 14.5 Å². The third-order valence-corrected chi connectivity index (χ3v) is 7.20. The highest BCUT2D eigenvalue weighted by atomic mass is 35.5. The molecule has 0 bridgehead atoms. The molecule has 190 valence electrons. The number of carbonyl (C=O) groups is 2. The number of benzene rings is 3. The summed E-state index contributed by atoms with van der Waals surface area (Å²) < 4.78 is 5.37. The fraction of sp³-hybridized carbons (Fsp3) is 0.214. The highest BCUT2D eigenvalue weighted by Crippen LogP contribution is 2.45. The minimum absolute atomic E-state index is 0.0455. The lowest BCUT2D eigenvalue weighted by Gasteiger charge is -2.26. The number of carbonyl (C=O) groups excluding carboxylic acids is 2. The van der Waals surface area contributed by atoms with Crippen molar-refractivity contribution < 1.29 is 24.5 Å². The van der Waals surface area contributed by atoms with E-state index >= 15 is 0 Å². The number of Topliss-reactive ketones (excluding diaryl/α,β-unsaturated/α-hetero) is 1.